The summed E-state index contributed by atoms with van der Waals surface area (Å²) in [7, 11) is 0. The maximum Gasteiger partial charge on any atom is 0.332 e. The molecule has 2 rings (SSSR count). The molecule has 1 aliphatic rings. The van der Waals surface area contributed by atoms with Crippen molar-refractivity contribution in [1.82, 2.24) is 10.6 Å². The average Bonchev–Trinajstić information content (AvgIpc) is 2.91. The number of ether oxygens (including phenoxy) is 1. The van der Waals surface area contributed by atoms with Crippen molar-refractivity contribution in [1.29, 1.82) is 0 Å². The highest BCUT2D eigenvalue weighted by Gasteiger charge is 2.43. The monoisotopic (exact) mass is 312 g/mol. The lowest BCUT2D eigenvalue weighted by atomic mass is 9.99. The van der Waals surface area contributed by atoms with Gasteiger partial charge >= 0.3 is 12.0 Å². The molecule has 0 spiro atoms. The molecule has 1 fully saturated rings. The lowest BCUT2D eigenvalue weighted by Crippen LogP contribution is -2.57. The first-order valence-corrected chi connectivity index (χ1v) is 7.01. The summed E-state index contributed by atoms with van der Waals surface area (Å²) in [6.45, 7) is 0.730. The van der Waals surface area contributed by atoms with E-state index in [1.807, 2.05) is 12.1 Å². The van der Waals surface area contributed by atoms with Crippen LogP contribution in [0.4, 0.5) is 4.79 Å². The van der Waals surface area contributed by atoms with Crippen molar-refractivity contribution in [2.24, 2.45) is 0 Å². The summed E-state index contributed by atoms with van der Waals surface area (Å²) < 4.78 is 5.07. The van der Waals surface area contributed by atoms with Gasteiger partial charge in [-0.15, -0.1) is 0 Å². The second-order valence-electron chi connectivity index (χ2n) is 4.95. The Bertz CT molecular complexity index is 512. The van der Waals surface area contributed by atoms with Gasteiger partial charge < -0.3 is 20.5 Å². The molecule has 1 unspecified atom stereocenters. The van der Waals surface area contributed by atoms with Crippen LogP contribution in [-0.4, -0.2) is 42.4 Å². The lowest BCUT2D eigenvalue weighted by molar-refractivity contribution is -0.144. The Morgan fingerprint density at radius 3 is 2.62 bits per heavy atom. The first-order valence-electron chi connectivity index (χ1n) is 6.63. The van der Waals surface area contributed by atoms with Crippen molar-refractivity contribution < 1.29 is 19.4 Å². The van der Waals surface area contributed by atoms with Crippen molar-refractivity contribution in [2.75, 3.05) is 19.8 Å². The van der Waals surface area contributed by atoms with Gasteiger partial charge in [-0.2, -0.15) is 0 Å². The number of carbonyl (C=O) groups excluding carboxylic acids is 1. The first-order chi connectivity index (χ1) is 10.0. The Morgan fingerprint density at radius 1 is 1.33 bits per heavy atom. The molecule has 0 radical (unpaired) electrons. The smallest absolute Gasteiger partial charge is 0.332 e. The fraction of sp³-hybridized carbons (Fsp3) is 0.429. The van der Waals surface area contributed by atoms with Crippen molar-refractivity contribution in [3.05, 3.63) is 34.9 Å². The van der Waals surface area contributed by atoms with Gasteiger partial charge in [0.1, 0.15) is 0 Å². The number of halogens is 1. The van der Waals surface area contributed by atoms with Gasteiger partial charge in [0.05, 0.1) is 6.61 Å². The van der Waals surface area contributed by atoms with Gasteiger partial charge in [0.15, 0.2) is 5.54 Å². The number of rotatable bonds is 5. The summed E-state index contributed by atoms with van der Waals surface area (Å²) >= 11 is 5.79. The van der Waals surface area contributed by atoms with Crippen LogP contribution in [0.25, 0.3) is 0 Å². The molecular weight excluding hydrogens is 296 g/mol. The molecule has 1 heterocycles. The van der Waals surface area contributed by atoms with Crippen molar-refractivity contribution >= 4 is 23.6 Å². The van der Waals surface area contributed by atoms with E-state index in [0.717, 1.165) is 5.56 Å². The highest BCUT2D eigenvalue weighted by molar-refractivity contribution is 6.30. The van der Waals surface area contributed by atoms with Gasteiger partial charge in [-0.05, 0) is 24.1 Å². The molecule has 0 saturated carbocycles. The van der Waals surface area contributed by atoms with E-state index in [9.17, 15) is 14.7 Å². The number of carboxylic acid groups (broad SMARTS) is 1. The van der Waals surface area contributed by atoms with Crippen LogP contribution in [-0.2, 0) is 16.0 Å². The van der Waals surface area contributed by atoms with E-state index in [-0.39, 0.29) is 13.0 Å². The summed E-state index contributed by atoms with van der Waals surface area (Å²) in [5.41, 5.74) is -0.276. The highest BCUT2D eigenvalue weighted by Crippen LogP contribution is 2.18. The van der Waals surface area contributed by atoms with Crippen LogP contribution in [0.3, 0.4) is 0 Å². The Labute approximate surface area is 127 Å². The number of hydrogen-bond acceptors (Lipinski definition) is 3. The molecule has 0 bridgehead atoms. The third kappa shape index (κ3) is 4.09. The van der Waals surface area contributed by atoms with E-state index in [2.05, 4.69) is 10.6 Å². The minimum absolute atomic E-state index is 0.00701. The molecule has 1 aromatic carbocycles. The molecule has 1 aromatic rings. The number of nitrogens with one attached hydrogen (secondary N) is 2. The first kappa shape index (κ1) is 15.6. The van der Waals surface area contributed by atoms with Gasteiger partial charge in [-0.25, -0.2) is 9.59 Å². The number of benzene rings is 1. The van der Waals surface area contributed by atoms with E-state index in [0.29, 0.717) is 24.6 Å². The molecule has 1 atom stereocenters. The molecule has 1 saturated heterocycles. The molecular formula is C14H17ClN2O4. The Kier molecular flexibility index (Phi) is 5.03. The van der Waals surface area contributed by atoms with E-state index in [1.54, 1.807) is 12.1 Å². The van der Waals surface area contributed by atoms with Crippen LogP contribution in [0.1, 0.15) is 12.0 Å². The van der Waals surface area contributed by atoms with E-state index >= 15 is 0 Å². The van der Waals surface area contributed by atoms with Crippen LogP contribution < -0.4 is 10.6 Å². The molecule has 7 heteroatoms. The summed E-state index contributed by atoms with van der Waals surface area (Å²) in [6.07, 6.45) is 0.911. The van der Waals surface area contributed by atoms with Crippen molar-refractivity contribution in [2.45, 2.75) is 18.4 Å². The third-order valence-electron chi connectivity index (χ3n) is 3.40. The highest BCUT2D eigenvalue weighted by atomic mass is 35.5. The predicted molar refractivity (Wildman–Crippen MR) is 77.5 cm³/mol. The largest absolute Gasteiger partial charge is 0.479 e. The number of amides is 2. The minimum Gasteiger partial charge on any atom is -0.479 e. The zero-order valence-electron chi connectivity index (χ0n) is 11.4. The second-order valence-corrected chi connectivity index (χ2v) is 5.38. The molecule has 2 amide bonds. The fourth-order valence-electron chi connectivity index (χ4n) is 2.12. The standard InChI is InChI=1S/C14H17ClN2O4/c15-11-3-1-10(2-4-11)5-7-16-13(20)17-14(12(18)19)6-8-21-9-14/h1-4H,5-9H2,(H,18,19)(H2,16,17,20). The van der Waals surface area contributed by atoms with Crippen LogP contribution >= 0.6 is 11.6 Å². The van der Waals surface area contributed by atoms with Crippen molar-refractivity contribution in [3.63, 3.8) is 0 Å². The minimum atomic E-state index is -1.32. The number of hydrogen-bond donors (Lipinski definition) is 3. The molecule has 1 aliphatic heterocycles. The van der Waals surface area contributed by atoms with Gasteiger partial charge in [-0.3, -0.25) is 0 Å². The number of carboxylic acids is 1. The van der Waals surface area contributed by atoms with Gasteiger partial charge in [0, 0.05) is 24.6 Å². The molecule has 0 aromatic heterocycles. The van der Waals surface area contributed by atoms with E-state index in [1.165, 1.54) is 0 Å². The summed E-state index contributed by atoms with van der Waals surface area (Å²) in [6, 6.07) is 6.83. The molecule has 0 aliphatic carbocycles. The summed E-state index contributed by atoms with van der Waals surface area (Å²) in [5, 5.41) is 15.0. The Hall–Kier alpha value is -1.79. The normalized spacial score (nSPS) is 21.0. The second kappa shape index (κ2) is 6.78. The van der Waals surface area contributed by atoms with Crippen LogP contribution in [0, 0.1) is 0 Å². The maximum absolute atomic E-state index is 11.8. The van der Waals surface area contributed by atoms with Gasteiger partial charge in [0.25, 0.3) is 0 Å². The quantitative estimate of drug-likeness (QED) is 0.767. The van der Waals surface area contributed by atoms with Crippen LogP contribution in [0.5, 0.6) is 0 Å². The molecule has 21 heavy (non-hydrogen) atoms. The SMILES string of the molecule is O=C(NCCc1ccc(Cl)cc1)NC1(C(=O)O)CCOC1. The van der Waals surface area contributed by atoms with Gasteiger partial charge in [-0.1, -0.05) is 23.7 Å². The Balaban J connectivity index is 1.79. The van der Waals surface area contributed by atoms with Crippen LogP contribution in [0.2, 0.25) is 5.02 Å². The summed E-state index contributed by atoms with van der Waals surface area (Å²) in [5.74, 6) is -1.08. The molecule has 3 N–H and O–H groups in total. The average molecular weight is 313 g/mol. The molecule has 114 valence electrons. The van der Waals surface area contributed by atoms with E-state index in [4.69, 9.17) is 16.3 Å². The lowest BCUT2D eigenvalue weighted by Gasteiger charge is -2.23. The number of urea groups is 1. The van der Waals surface area contributed by atoms with Crippen molar-refractivity contribution in [3.8, 4) is 0 Å². The van der Waals surface area contributed by atoms with Gasteiger partial charge in [0.2, 0.25) is 0 Å². The predicted octanol–water partition coefficient (Wildman–Crippen LogP) is 1.43. The molecule has 6 nitrogen and oxygen atoms in total. The topological polar surface area (TPSA) is 87.7 Å². The summed E-state index contributed by atoms with van der Waals surface area (Å²) in [4.78, 5) is 23.0. The fourth-order valence-corrected chi connectivity index (χ4v) is 2.24. The van der Waals surface area contributed by atoms with E-state index < -0.39 is 17.5 Å². The Morgan fingerprint density at radius 2 is 2.05 bits per heavy atom. The van der Waals surface area contributed by atoms with Crippen LogP contribution in [0.15, 0.2) is 24.3 Å². The zero-order valence-corrected chi connectivity index (χ0v) is 12.2. The number of aliphatic carboxylic acids is 1. The maximum atomic E-state index is 11.8. The zero-order chi connectivity index (χ0) is 15.3. The third-order valence-corrected chi connectivity index (χ3v) is 3.65. The number of carbonyl (C=O) groups is 2.